The molecule has 0 unspecified atom stereocenters. The molecule has 0 spiro atoms. The number of fused-ring (bicyclic) bond motifs is 1. The van der Waals surface area contributed by atoms with Crippen LogP contribution in [0.15, 0.2) is 48.8 Å². The molecule has 0 radical (unpaired) electrons. The highest BCUT2D eigenvalue weighted by molar-refractivity contribution is 5.64. The SMILES string of the molecule is Cc1ccccc1OCc1cn2cccc(N)c2n1. The van der Waals surface area contributed by atoms with E-state index in [2.05, 4.69) is 4.98 Å². The summed E-state index contributed by atoms with van der Waals surface area (Å²) in [4.78, 5) is 4.47. The summed E-state index contributed by atoms with van der Waals surface area (Å²) in [6, 6.07) is 11.7. The van der Waals surface area contributed by atoms with Crippen LogP contribution in [0.1, 0.15) is 11.3 Å². The molecule has 0 atom stereocenters. The first-order valence-corrected chi connectivity index (χ1v) is 6.14. The molecule has 0 aliphatic rings. The molecule has 0 bridgehead atoms. The highest BCUT2D eigenvalue weighted by atomic mass is 16.5. The molecule has 96 valence electrons. The van der Waals surface area contributed by atoms with Crippen LogP contribution >= 0.6 is 0 Å². The number of benzene rings is 1. The molecule has 3 aromatic rings. The van der Waals surface area contributed by atoms with E-state index in [-0.39, 0.29) is 0 Å². The Morgan fingerprint density at radius 2 is 2.05 bits per heavy atom. The normalized spacial score (nSPS) is 10.8. The van der Waals surface area contributed by atoms with Crippen LogP contribution in [0.25, 0.3) is 5.65 Å². The van der Waals surface area contributed by atoms with Crippen molar-refractivity contribution >= 4 is 11.3 Å². The van der Waals surface area contributed by atoms with Gasteiger partial charge in [0.05, 0.1) is 11.4 Å². The Labute approximate surface area is 111 Å². The van der Waals surface area contributed by atoms with E-state index in [1.807, 2.05) is 60.1 Å². The number of hydrogen-bond acceptors (Lipinski definition) is 3. The standard InChI is InChI=1S/C15H15N3O/c1-11-5-2-3-7-14(11)19-10-12-9-18-8-4-6-13(16)15(18)17-12/h2-9H,10,16H2,1H3. The van der Waals surface area contributed by atoms with Gasteiger partial charge in [0.2, 0.25) is 0 Å². The maximum atomic E-state index is 5.88. The minimum absolute atomic E-state index is 0.436. The second kappa shape index (κ2) is 4.65. The van der Waals surface area contributed by atoms with Crippen LogP contribution in [0.3, 0.4) is 0 Å². The van der Waals surface area contributed by atoms with E-state index in [1.54, 1.807) is 0 Å². The van der Waals surface area contributed by atoms with Gasteiger partial charge in [-0.1, -0.05) is 18.2 Å². The van der Waals surface area contributed by atoms with Gasteiger partial charge in [0.1, 0.15) is 12.4 Å². The lowest BCUT2D eigenvalue weighted by molar-refractivity contribution is 0.300. The van der Waals surface area contributed by atoms with E-state index < -0.39 is 0 Å². The number of nitrogen functional groups attached to an aromatic ring is 1. The number of aryl methyl sites for hydroxylation is 1. The minimum Gasteiger partial charge on any atom is -0.487 e. The Bertz CT molecular complexity index is 718. The number of para-hydroxylation sites is 1. The van der Waals surface area contributed by atoms with Gasteiger partial charge in [-0.05, 0) is 30.7 Å². The Hall–Kier alpha value is -2.49. The lowest BCUT2D eigenvalue weighted by atomic mass is 10.2. The van der Waals surface area contributed by atoms with Crippen molar-refractivity contribution in [2.45, 2.75) is 13.5 Å². The summed E-state index contributed by atoms with van der Waals surface area (Å²) >= 11 is 0. The predicted molar refractivity (Wildman–Crippen MR) is 75.1 cm³/mol. The molecule has 2 aromatic heterocycles. The van der Waals surface area contributed by atoms with Crippen molar-refractivity contribution in [2.24, 2.45) is 0 Å². The number of hydrogen-bond donors (Lipinski definition) is 1. The first-order valence-electron chi connectivity index (χ1n) is 6.14. The molecular weight excluding hydrogens is 238 g/mol. The summed E-state index contributed by atoms with van der Waals surface area (Å²) in [6.07, 6.45) is 3.86. The summed E-state index contributed by atoms with van der Waals surface area (Å²) in [5.41, 5.74) is 9.30. The van der Waals surface area contributed by atoms with Crippen molar-refractivity contribution < 1.29 is 4.74 Å². The average Bonchev–Trinajstić information content (AvgIpc) is 2.82. The van der Waals surface area contributed by atoms with E-state index in [1.165, 1.54) is 0 Å². The van der Waals surface area contributed by atoms with Gasteiger partial charge in [0, 0.05) is 12.4 Å². The van der Waals surface area contributed by atoms with Gasteiger partial charge in [0.15, 0.2) is 5.65 Å². The second-order valence-electron chi connectivity index (χ2n) is 4.48. The summed E-state index contributed by atoms with van der Waals surface area (Å²) in [6.45, 7) is 2.46. The Kier molecular flexibility index (Phi) is 2.83. The third-order valence-corrected chi connectivity index (χ3v) is 3.03. The number of anilines is 1. The van der Waals surface area contributed by atoms with Crippen molar-refractivity contribution in [3.05, 3.63) is 60.0 Å². The molecule has 0 saturated carbocycles. The molecule has 0 amide bonds. The number of ether oxygens (including phenoxy) is 1. The molecule has 0 aliphatic heterocycles. The molecule has 2 heterocycles. The molecule has 3 rings (SSSR count). The molecule has 1 aromatic carbocycles. The van der Waals surface area contributed by atoms with Crippen LogP contribution in [0.5, 0.6) is 5.75 Å². The first kappa shape index (κ1) is 11.6. The summed E-state index contributed by atoms with van der Waals surface area (Å²) in [5, 5.41) is 0. The Morgan fingerprint density at radius 3 is 2.84 bits per heavy atom. The zero-order valence-electron chi connectivity index (χ0n) is 10.7. The third kappa shape index (κ3) is 2.25. The zero-order valence-corrected chi connectivity index (χ0v) is 10.7. The van der Waals surface area contributed by atoms with Crippen LogP contribution in [0.4, 0.5) is 5.69 Å². The van der Waals surface area contributed by atoms with Crippen LogP contribution in [-0.2, 0) is 6.61 Å². The highest BCUT2D eigenvalue weighted by Crippen LogP contribution is 2.18. The van der Waals surface area contributed by atoms with E-state index in [0.29, 0.717) is 12.3 Å². The average molecular weight is 253 g/mol. The summed E-state index contributed by atoms with van der Waals surface area (Å²) in [7, 11) is 0. The number of imidazole rings is 1. The molecule has 0 fully saturated rings. The number of pyridine rings is 1. The van der Waals surface area contributed by atoms with Crippen molar-refractivity contribution in [2.75, 3.05) is 5.73 Å². The quantitative estimate of drug-likeness (QED) is 0.781. The number of nitrogens with two attached hydrogens (primary N) is 1. The van der Waals surface area contributed by atoms with Crippen molar-refractivity contribution in [3.63, 3.8) is 0 Å². The highest BCUT2D eigenvalue weighted by Gasteiger charge is 2.05. The molecule has 0 saturated heterocycles. The van der Waals surface area contributed by atoms with Crippen molar-refractivity contribution in [1.29, 1.82) is 0 Å². The van der Waals surface area contributed by atoms with Gasteiger partial charge < -0.3 is 14.9 Å². The fourth-order valence-corrected chi connectivity index (χ4v) is 2.03. The zero-order chi connectivity index (χ0) is 13.2. The molecule has 19 heavy (non-hydrogen) atoms. The maximum Gasteiger partial charge on any atom is 0.160 e. The van der Waals surface area contributed by atoms with Crippen molar-refractivity contribution in [1.82, 2.24) is 9.38 Å². The second-order valence-corrected chi connectivity index (χ2v) is 4.48. The lowest BCUT2D eigenvalue weighted by Crippen LogP contribution is -1.97. The van der Waals surface area contributed by atoms with Crippen LogP contribution < -0.4 is 10.5 Å². The van der Waals surface area contributed by atoms with E-state index in [4.69, 9.17) is 10.5 Å². The maximum absolute atomic E-state index is 5.88. The van der Waals surface area contributed by atoms with Gasteiger partial charge >= 0.3 is 0 Å². The van der Waals surface area contributed by atoms with Crippen LogP contribution in [0.2, 0.25) is 0 Å². The van der Waals surface area contributed by atoms with Crippen LogP contribution in [-0.4, -0.2) is 9.38 Å². The summed E-state index contributed by atoms with van der Waals surface area (Å²) in [5.74, 6) is 0.882. The molecule has 4 heteroatoms. The number of rotatable bonds is 3. The summed E-state index contributed by atoms with van der Waals surface area (Å²) < 4.78 is 7.68. The monoisotopic (exact) mass is 253 g/mol. The molecule has 0 aliphatic carbocycles. The molecule has 4 nitrogen and oxygen atoms in total. The van der Waals surface area contributed by atoms with Gasteiger partial charge in [-0.15, -0.1) is 0 Å². The Morgan fingerprint density at radius 1 is 1.21 bits per heavy atom. The largest absolute Gasteiger partial charge is 0.487 e. The van der Waals surface area contributed by atoms with Gasteiger partial charge in [-0.3, -0.25) is 0 Å². The van der Waals surface area contributed by atoms with E-state index in [9.17, 15) is 0 Å². The topological polar surface area (TPSA) is 52.5 Å². The predicted octanol–water partition coefficient (Wildman–Crippen LogP) is 2.80. The van der Waals surface area contributed by atoms with E-state index >= 15 is 0 Å². The van der Waals surface area contributed by atoms with Crippen LogP contribution in [0, 0.1) is 6.92 Å². The number of nitrogens with zero attached hydrogens (tertiary/aromatic N) is 2. The van der Waals surface area contributed by atoms with Gasteiger partial charge in [0.25, 0.3) is 0 Å². The lowest BCUT2D eigenvalue weighted by Gasteiger charge is -2.06. The molecular formula is C15H15N3O. The van der Waals surface area contributed by atoms with Crippen molar-refractivity contribution in [3.8, 4) is 5.75 Å². The fourth-order valence-electron chi connectivity index (χ4n) is 2.03. The van der Waals surface area contributed by atoms with Gasteiger partial charge in [-0.2, -0.15) is 0 Å². The first-order chi connectivity index (χ1) is 9.24. The fraction of sp³-hybridized carbons (Fsp3) is 0.133. The molecule has 2 N–H and O–H groups in total. The Balaban J connectivity index is 1.83. The smallest absolute Gasteiger partial charge is 0.160 e. The minimum atomic E-state index is 0.436. The van der Waals surface area contributed by atoms with Gasteiger partial charge in [-0.25, -0.2) is 4.98 Å². The van der Waals surface area contributed by atoms with E-state index in [0.717, 1.165) is 22.7 Å². The third-order valence-electron chi connectivity index (χ3n) is 3.03. The number of aromatic nitrogens is 2.